The fourth-order valence-corrected chi connectivity index (χ4v) is 2.80. The predicted molar refractivity (Wildman–Crippen MR) is 65.1 cm³/mol. The number of aliphatic carboxylic acids is 1. The molecule has 2 aliphatic rings. The highest BCUT2D eigenvalue weighted by molar-refractivity contribution is 5.81. The van der Waals surface area contributed by atoms with Gasteiger partial charge in [-0.1, -0.05) is 6.92 Å². The molecular formula is C13H21NO4. The van der Waals surface area contributed by atoms with Gasteiger partial charge in [0.25, 0.3) is 5.91 Å². The summed E-state index contributed by atoms with van der Waals surface area (Å²) < 4.78 is 5.49. The molecule has 0 saturated carbocycles. The van der Waals surface area contributed by atoms with E-state index in [-0.39, 0.29) is 24.3 Å². The number of hydrogen-bond donors (Lipinski definition) is 1. The summed E-state index contributed by atoms with van der Waals surface area (Å²) in [5, 5.41) is 8.75. The van der Waals surface area contributed by atoms with Crippen LogP contribution in [0.3, 0.4) is 0 Å². The summed E-state index contributed by atoms with van der Waals surface area (Å²) in [5.41, 5.74) is 0. The van der Waals surface area contributed by atoms with Gasteiger partial charge in [0, 0.05) is 26.1 Å². The molecule has 1 N–H and O–H groups in total. The van der Waals surface area contributed by atoms with Gasteiger partial charge < -0.3 is 14.7 Å². The van der Waals surface area contributed by atoms with Gasteiger partial charge >= 0.3 is 5.97 Å². The fraction of sp³-hybridized carbons (Fsp3) is 0.846. The first kappa shape index (κ1) is 13.3. The van der Waals surface area contributed by atoms with E-state index in [9.17, 15) is 9.59 Å². The number of nitrogens with zero attached hydrogens (tertiary/aromatic N) is 1. The van der Waals surface area contributed by atoms with Crippen molar-refractivity contribution >= 4 is 11.9 Å². The first-order valence-corrected chi connectivity index (χ1v) is 6.70. The number of hydrogen-bond acceptors (Lipinski definition) is 3. The Morgan fingerprint density at radius 2 is 1.94 bits per heavy atom. The van der Waals surface area contributed by atoms with Crippen LogP contribution < -0.4 is 0 Å². The first-order chi connectivity index (χ1) is 8.58. The van der Waals surface area contributed by atoms with E-state index in [1.807, 2.05) is 11.8 Å². The van der Waals surface area contributed by atoms with E-state index < -0.39 is 5.97 Å². The van der Waals surface area contributed by atoms with Crippen LogP contribution >= 0.6 is 0 Å². The molecule has 2 saturated heterocycles. The van der Waals surface area contributed by atoms with Crippen LogP contribution in [0.2, 0.25) is 0 Å². The van der Waals surface area contributed by atoms with Crippen molar-refractivity contribution in [2.24, 2.45) is 11.8 Å². The number of carboxylic acids is 1. The molecule has 2 rings (SSSR count). The summed E-state index contributed by atoms with van der Waals surface area (Å²) in [6.45, 7) is 4.06. The number of carbonyl (C=O) groups is 2. The maximum atomic E-state index is 12.2. The number of likely N-dealkylation sites (tertiary alicyclic amines) is 1. The van der Waals surface area contributed by atoms with Gasteiger partial charge in [-0.2, -0.15) is 0 Å². The smallest absolute Gasteiger partial charge is 0.303 e. The summed E-state index contributed by atoms with van der Waals surface area (Å²) in [4.78, 5) is 24.7. The van der Waals surface area contributed by atoms with Crippen molar-refractivity contribution in [2.75, 3.05) is 19.7 Å². The Balaban J connectivity index is 1.82. The Morgan fingerprint density at radius 3 is 2.44 bits per heavy atom. The van der Waals surface area contributed by atoms with Crippen LogP contribution in [0.15, 0.2) is 0 Å². The van der Waals surface area contributed by atoms with Crippen LogP contribution in [0.1, 0.15) is 32.6 Å². The number of amides is 1. The second-order valence-corrected chi connectivity index (χ2v) is 5.42. The van der Waals surface area contributed by atoms with Gasteiger partial charge in [-0.05, 0) is 31.1 Å². The zero-order valence-electron chi connectivity index (χ0n) is 10.8. The summed E-state index contributed by atoms with van der Waals surface area (Å²) in [6, 6.07) is 0. The molecule has 2 atom stereocenters. The summed E-state index contributed by atoms with van der Waals surface area (Å²) in [7, 11) is 0. The fourth-order valence-electron chi connectivity index (χ4n) is 2.80. The van der Waals surface area contributed by atoms with Crippen LogP contribution in [-0.2, 0) is 14.3 Å². The maximum Gasteiger partial charge on any atom is 0.303 e. The molecule has 102 valence electrons. The molecule has 0 radical (unpaired) electrons. The summed E-state index contributed by atoms with van der Waals surface area (Å²) >= 11 is 0. The maximum absolute atomic E-state index is 12.2. The third kappa shape index (κ3) is 3.02. The van der Waals surface area contributed by atoms with Crippen molar-refractivity contribution in [3.8, 4) is 0 Å². The van der Waals surface area contributed by atoms with Gasteiger partial charge in [-0.15, -0.1) is 0 Å². The standard InChI is InChI=1S/C13H21NO4/c1-9-4-7-18-12(9)13(17)14-5-2-10(3-6-14)8-11(15)16/h9-10,12H,2-8H2,1H3,(H,15,16). The molecule has 1 amide bonds. The molecule has 18 heavy (non-hydrogen) atoms. The van der Waals surface area contributed by atoms with Crippen molar-refractivity contribution in [3.05, 3.63) is 0 Å². The van der Waals surface area contributed by atoms with E-state index in [4.69, 9.17) is 9.84 Å². The molecule has 0 spiro atoms. The van der Waals surface area contributed by atoms with Crippen molar-refractivity contribution in [3.63, 3.8) is 0 Å². The van der Waals surface area contributed by atoms with Gasteiger partial charge in [0.05, 0.1) is 0 Å². The third-order valence-electron chi connectivity index (χ3n) is 4.02. The lowest BCUT2D eigenvalue weighted by Gasteiger charge is -2.33. The van der Waals surface area contributed by atoms with Crippen molar-refractivity contribution < 1.29 is 19.4 Å². The van der Waals surface area contributed by atoms with E-state index >= 15 is 0 Å². The van der Waals surface area contributed by atoms with E-state index in [0.717, 1.165) is 19.3 Å². The lowest BCUT2D eigenvalue weighted by Crippen LogP contribution is -2.45. The Morgan fingerprint density at radius 1 is 1.28 bits per heavy atom. The largest absolute Gasteiger partial charge is 0.481 e. The lowest BCUT2D eigenvalue weighted by molar-refractivity contribution is -0.144. The van der Waals surface area contributed by atoms with Crippen LogP contribution in [0, 0.1) is 11.8 Å². The van der Waals surface area contributed by atoms with Gasteiger partial charge in [-0.3, -0.25) is 9.59 Å². The molecule has 5 heteroatoms. The molecule has 0 aromatic heterocycles. The predicted octanol–water partition coefficient (Wildman–Crippen LogP) is 1.12. The molecule has 2 unspecified atom stereocenters. The van der Waals surface area contributed by atoms with Crippen molar-refractivity contribution in [1.82, 2.24) is 4.90 Å². The van der Waals surface area contributed by atoms with E-state index in [1.165, 1.54) is 0 Å². The molecule has 2 fully saturated rings. The minimum Gasteiger partial charge on any atom is -0.481 e. The summed E-state index contributed by atoms with van der Waals surface area (Å²) in [5.74, 6) is -0.135. The molecule has 2 heterocycles. The molecule has 0 aromatic rings. The highest BCUT2D eigenvalue weighted by atomic mass is 16.5. The van der Waals surface area contributed by atoms with Gasteiger partial charge in [0.2, 0.25) is 0 Å². The monoisotopic (exact) mass is 255 g/mol. The van der Waals surface area contributed by atoms with Gasteiger partial charge in [-0.25, -0.2) is 0 Å². The minimum atomic E-state index is -0.743. The number of carboxylic acid groups (broad SMARTS) is 1. The van der Waals surface area contributed by atoms with Crippen LogP contribution in [-0.4, -0.2) is 47.7 Å². The number of piperidine rings is 1. The number of ether oxygens (including phenoxy) is 1. The minimum absolute atomic E-state index is 0.0915. The molecule has 0 aromatic carbocycles. The first-order valence-electron chi connectivity index (χ1n) is 6.70. The number of rotatable bonds is 3. The normalized spacial score (nSPS) is 29.5. The zero-order chi connectivity index (χ0) is 13.1. The van der Waals surface area contributed by atoms with E-state index in [1.54, 1.807) is 0 Å². The average Bonchev–Trinajstić information content (AvgIpc) is 2.75. The zero-order valence-corrected chi connectivity index (χ0v) is 10.8. The third-order valence-corrected chi connectivity index (χ3v) is 4.02. The topological polar surface area (TPSA) is 66.8 Å². The highest BCUT2D eigenvalue weighted by Crippen LogP contribution is 2.25. The van der Waals surface area contributed by atoms with Gasteiger partial charge in [0.1, 0.15) is 6.10 Å². The van der Waals surface area contributed by atoms with Crippen LogP contribution in [0.4, 0.5) is 0 Å². The second-order valence-electron chi connectivity index (χ2n) is 5.42. The molecule has 0 aliphatic carbocycles. The molecule has 2 aliphatic heterocycles. The molecule has 5 nitrogen and oxygen atoms in total. The number of carbonyl (C=O) groups excluding carboxylic acids is 1. The Kier molecular flexibility index (Phi) is 4.22. The summed E-state index contributed by atoms with van der Waals surface area (Å²) in [6.07, 6.45) is 2.48. The SMILES string of the molecule is CC1CCOC1C(=O)N1CCC(CC(=O)O)CC1. The van der Waals surface area contributed by atoms with Crippen molar-refractivity contribution in [1.29, 1.82) is 0 Å². The molecular weight excluding hydrogens is 234 g/mol. The quantitative estimate of drug-likeness (QED) is 0.820. The van der Waals surface area contributed by atoms with Crippen molar-refractivity contribution in [2.45, 2.75) is 38.7 Å². The Hall–Kier alpha value is -1.10. The highest BCUT2D eigenvalue weighted by Gasteiger charge is 2.35. The second kappa shape index (κ2) is 5.69. The lowest BCUT2D eigenvalue weighted by atomic mass is 9.93. The van der Waals surface area contributed by atoms with E-state index in [0.29, 0.717) is 25.6 Å². The van der Waals surface area contributed by atoms with Crippen LogP contribution in [0.5, 0.6) is 0 Å². The Bertz CT molecular complexity index is 323. The van der Waals surface area contributed by atoms with Gasteiger partial charge in [0.15, 0.2) is 0 Å². The molecule has 0 bridgehead atoms. The Labute approximate surface area is 107 Å². The van der Waals surface area contributed by atoms with Crippen LogP contribution in [0.25, 0.3) is 0 Å². The average molecular weight is 255 g/mol. The van der Waals surface area contributed by atoms with E-state index in [2.05, 4.69) is 0 Å².